The number of aromatic nitrogens is 3. The van der Waals surface area contributed by atoms with Crippen molar-refractivity contribution in [3.05, 3.63) is 65.1 Å². The van der Waals surface area contributed by atoms with E-state index in [1.807, 2.05) is 30.7 Å². The lowest BCUT2D eigenvalue weighted by Crippen LogP contribution is -2.25. The van der Waals surface area contributed by atoms with E-state index < -0.39 is 0 Å². The van der Waals surface area contributed by atoms with Crippen molar-refractivity contribution in [2.24, 2.45) is 0 Å². The molecule has 1 N–H and O–H groups in total. The van der Waals surface area contributed by atoms with Crippen LogP contribution >= 0.6 is 0 Å². The van der Waals surface area contributed by atoms with Crippen LogP contribution < -0.4 is 10.1 Å². The quantitative estimate of drug-likeness (QED) is 0.513. The van der Waals surface area contributed by atoms with Crippen molar-refractivity contribution < 1.29 is 14.3 Å². The highest BCUT2D eigenvalue weighted by Crippen LogP contribution is 2.29. The predicted octanol–water partition coefficient (Wildman–Crippen LogP) is 4.10. The molecule has 3 heterocycles. The summed E-state index contributed by atoms with van der Waals surface area (Å²) in [5, 5.41) is 7.15. The molecular formula is C23H24N4O3. The topological polar surface area (TPSA) is 78.2 Å². The van der Waals surface area contributed by atoms with Gasteiger partial charge in [-0.3, -0.25) is 9.59 Å². The summed E-state index contributed by atoms with van der Waals surface area (Å²) >= 11 is 0. The van der Waals surface area contributed by atoms with Crippen molar-refractivity contribution in [3.8, 4) is 11.6 Å². The molecule has 1 aromatic carbocycles. The smallest absolute Gasteiger partial charge is 0.262 e. The minimum atomic E-state index is -0.226. The van der Waals surface area contributed by atoms with E-state index in [-0.39, 0.29) is 24.3 Å². The van der Waals surface area contributed by atoms with E-state index in [0.29, 0.717) is 17.0 Å². The Morgan fingerprint density at radius 3 is 2.80 bits per heavy atom. The predicted molar refractivity (Wildman–Crippen MR) is 115 cm³/mol. The summed E-state index contributed by atoms with van der Waals surface area (Å²) in [6.07, 6.45) is 5.18. The molecule has 2 aromatic heterocycles. The number of benzene rings is 1. The van der Waals surface area contributed by atoms with E-state index in [4.69, 9.17) is 4.74 Å². The van der Waals surface area contributed by atoms with Gasteiger partial charge in [-0.2, -0.15) is 5.10 Å². The van der Waals surface area contributed by atoms with Gasteiger partial charge in [0.1, 0.15) is 11.6 Å². The van der Waals surface area contributed by atoms with Crippen molar-refractivity contribution in [2.45, 2.75) is 33.7 Å². The van der Waals surface area contributed by atoms with Gasteiger partial charge < -0.3 is 14.6 Å². The van der Waals surface area contributed by atoms with Crippen LogP contribution in [-0.2, 0) is 4.79 Å². The van der Waals surface area contributed by atoms with E-state index in [1.54, 1.807) is 30.5 Å². The number of amides is 1. The van der Waals surface area contributed by atoms with Gasteiger partial charge >= 0.3 is 0 Å². The van der Waals surface area contributed by atoms with Crippen LogP contribution in [0, 0.1) is 13.8 Å². The number of carbonyl (C=O) groups is 2. The molecule has 154 valence electrons. The van der Waals surface area contributed by atoms with Gasteiger partial charge in [0.05, 0.1) is 11.9 Å². The zero-order chi connectivity index (χ0) is 21.4. The first-order valence-corrected chi connectivity index (χ1v) is 9.87. The number of nitrogens with zero attached hydrogens (tertiary/aromatic N) is 3. The first-order chi connectivity index (χ1) is 14.3. The Morgan fingerprint density at radius 1 is 1.23 bits per heavy atom. The molecule has 0 saturated carbocycles. The Kier molecular flexibility index (Phi) is 5.03. The van der Waals surface area contributed by atoms with Crippen molar-refractivity contribution in [3.63, 3.8) is 0 Å². The first-order valence-electron chi connectivity index (χ1n) is 9.87. The van der Waals surface area contributed by atoms with E-state index in [9.17, 15) is 9.59 Å². The zero-order valence-corrected chi connectivity index (χ0v) is 17.5. The fraction of sp³-hybridized carbons (Fsp3) is 0.261. The lowest BCUT2D eigenvalue weighted by atomic mass is 10.1. The third kappa shape index (κ3) is 3.54. The largest absolute Gasteiger partial charge is 0.482 e. The van der Waals surface area contributed by atoms with E-state index in [0.717, 1.165) is 22.8 Å². The molecule has 7 heteroatoms. The molecule has 0 bridgehead atoms. The summed E-state index contributed by atoms with van der Waals surface area (Å²) < 4.78 is 9.46. The Morgan fingerprint density at radius 2 is 2.03 bits per heavy atom. The van der Waals surface area contributed by atoms with Gasteiger partial charge in [-0.15, -0.1) is 0 Å². The molecule has 4 rings (SSSR count). The van der Waals surface area contributed by atoms with Crippen molar-refractivity contribution in [1.82, 2.24) is 14.3 Å². The molecule has 0 spiro atoms. The van der Waals surface area contributed by atoms with Crippen LogP contribution in [0.5, 0.6) is 5.75 Å². The maximum atomic E-state index is 12.7. The van der Waals surface area contributed by atoms with Crippen molar-refractivity contribution in [2.75, 3.05) is 11.9 Å². The molecule has 1 aliphatic heterocycles. The third-order valence-corrected chi connectivity index (χ3v) is 5.15. The van der Waals surface area contributed by atoms with Crippen LogP contribution in [-0.4, -0.2) is 32.6 Å². The number of anilines is 1. The standard InChI is InChI=1S/C23H24N4O3/c1-14(2)27-23(9-10-24-27)26-15(3)11-17(16(26)4)5-7-20(28)18-6-8-21-19(12-18)25-22(29)13-30-21/h5-12,14H,13H2,1-4H3,(H,25,29)/b7-5+. The highest BCUT2D eigenvalue weighted by Gasteiger charge is 2.18. The number of hydrogen-bond donors (Lipinski definition) is 1. The number of fused-ring (bicyclic) bond motifs is 1. The maximum Gasteiger partial charge on any atom is 0.262 e. The van der Waals surface area contributed by atoms with Crippen molar-refractivity contribution in [1.29, 1.82) is 0 Å². The normalized spacial score (nSPS) is 13.4. The summed E-state index contributed by atoms with van der Waals surface area (Å²) in [5.41, 5.74) is 4.07. The average molecular weight is 404 g/mol. The molecule has 0 aliphatic carbocycles. The molecule has 3 aromatic rings. The molecular weight excluding hydrogens is 380 g/mol. The second-order valence-corrected chi connectivity index (χ2v) is 7.63. The summed E-state index contributed by atoms with van der Waals surface area (Å²) in [7, 11) is 0. The summed E-state index contributed by atoms with van der Waals surface area (Å²) in [5.74, 6) is 1.20. The Labute approximate surface area is 175 Å². The number of hydrogen-bond acceptors (Lipinski definition) is 4. The highest BCUT2D eigenvalue weighted by atomic mass is 16.5. The second kappa shape index (κ2) is 7.67. The fourth-order valence-corrected chi connectivity index (χ4v) is 3.69. The molecule has 1 aliphatic rings. The van der Waals surface area contributed by atoms with Crippen LogP contribution in [0.25, 0.3) is 11.9 Å². The SMILES string of the molecule is Cc1cc(/C=C/C(=O)c2ccc3c(c2)NC(=O)CO3)c(C)n1-c1ccnn1C(C)C. The Bertz CT molecular complexity index is 1170. The van der Waals surface area contributed by atoms with E-state index >= 15 is 0 Å². The molecule has 0 fully saturated rings. The number of nitrogens with one attached hydrogen (secondary N) is 1. The number of aryl methyl sites for hydroxylation is 1. The molecule has 30 heavy (non-hydrogen) atoms. The maximum absolute atomic E-state index is 12.7. The molecule has 0 radical (unpaired) electrons. The summed E-state index contributed by atoms with van der Waals surface area (Å²) in [6, 6.07) is 9.33. The Hall–Kier alpha value is -3.61. The number of allylic oxidation sites excluding steroid dienone is 1. The van der Waals surface area contributed by atoms with Crippen LogP contribution in [0.15, 0.2) is 42.6 Å². The third-order valence-electron chi connectivity index (χ3n) is 5.15. The zero-order valence-electron chi connectivity index (χ0n) is 17.5. The monoisotopic (exact) mass is 404 g/mol. The molecule has 0 saturated heterocycles. The number of ketones is 1. The number of rotatable bonds is 5. The lowest BCUT2D eigenvalue weighted by molar-refractivity contribution is -0.118. The van der Waals surface area contributed by atoms with Crippen LogP contribution in [0.1, 0.15) is 47.2 Å². The highest BCUT2D eigenvalue weighted by molar-refractivity contribution is 6.08. The van der Waals surface area contributed by atoms with Crippen LogP contribution in [0.3, 0.4) is 0 Å². The minimum absolute atomic E-state index is 0.00841. The van der Waals surface area contributed by atoms with Gasteiger partial charge in [-0.1, -0.05) is 0 Å². The first kappa shape index (κ1) is 19.7. The molecule has 0 atom stereocenters. The summed E-state index contributed by atoms with van der Waals surface area (Å²) in [4.78, 5) is 24.2. The van der Waals surface area contributed by atoms with Gasteiger partial charge in [0.15, 0.2) is 12.4 Å². The number of carbonyl (C=O) groups excluding carboxylic acids is 2. The van der Waals surface area contributed by atoms with Gasteiger partial charge in [-0.05, 0) is 69.7 Å². The molecule has 0 unspecified atom stereocenters. The van der Waals surface area contributed by atoms with Crippen LogP contribution in [0.2, 0.25) is 0 Å². The van der Waals surface area contributed by atoms with Gasteiger partial charge in [0.2, 0.25) is 0 Å². The van der Waals surface area contributed by atoms with Gasteiger partial charge in [0.25, 0.3) is 5.91 Å². The Balaban J connectivity index is 1.61. The minimum Gasteiger partial charge on any atom is -0.482 e. The van der Waals surface area contributed by atoms with E-state index in [2.05, 4.69) is 34.9 Å². The van der Waals surface area contributed by atoms with Gasteiger partial charge in [0, 0.05) is 29.1 Å². The second-order valence-electron chi connectivity index (χ2n) is 7.63. The lowest BCUT2D eigenvalue weighted by Gasteiger charge is -2.17. The van der Waals surface area contributed by atoms with Crippen molar-refractivity contribution >= 4 is 23.5 Å². The van der Waals surface area contributed by atoms with E-state index in [1.165, 1.54) is 0 Å². The molecule has 7 nitrogen and oxygen atoms in total. The van der Waals surface area contributed by atoms with Crippen LogP contribution in [0.4, 0.5) is 5.69 Å². The van der Waals surface area contributed by atoms with Gasteiger partial charge in [-0.25, -0.2) is 4.68 Å². The number of ether oxygens (including phenoxy) is 1. The fourth-order valence-electron chi connectivity index (χ4n) is 3.69. The summed E-state index contributed by atoms with van der Waals surface area (Å²) in [6.45, 7) is 8.24. The average Bonchev–Trinajstić information content (AvgIpc) is 3.29. The molecule has 1 amide bonds.